The van der Waals surface area contributed by atoms with E-state index in [1.165, 1.54) is 11.1 Å². The van der Waals surface area contributed by atoms with Gasteiger partial charge in [-0.05, 0) is 49.2 Å². The third kappa shape index (κ3) is 5.50. The Morgan fingerprint density at radius 3 is 2.62 bits per heavy atom. The minimum atomic E-state index is 0.416. The Balaban J connectivity index is 1.73. The molecule has 0 aliphatic carbocycles. The minimum Gasteiger partial charge on any atom is -0.497 e. The minimum absolute atomic E-state index is 0.416. The molecular formula is C19H25N3O2. The number of hydrogen-bond donors (Lipinski definition) is 2. The van der Waals surface area contributed by atoms with Crippen molar-refractivity contribution < 1.29 is 9.47 Å². The Morgan fingerprint density at radius 1 is 1.08 bits per heavy atom. The lowest BCUT2D eigenvalue weighted by Gasteiger charge is -2.09. The number of rotatable bonds is 7. The molecular weight excluding hydrogens is 302 g/mol. The molecule has 2 aromatic carbocycles. The van der Waals surface area contributed by atoms with Gasteiger partial charge in [-0.2, -0.15) is 0 Å². The maximum absolute atomic E-state index is 5.91. The Kier molecular flexibility index (Phi) is 6.49. The van der Waals surface area contributed by atoms with E-state index >= 15 is 0 Å². The standard InChI is InChI=1S/C19H25N3O2/c1-14-8-9-16(12-15(14)2)22-19(20)21-10-5-11-24-18-7-4-6-17(13-18)23-3/h4,6-9,12-13H,5,10-11H2,1-3H3,(H3,20,21,22). The number of hydrogen-bond acceptors (Lipinski definition) is 3. The van der Waals surface area contributed by atoms with Gasteiger partial charge in [0, 0.05) is 24.7 Å². The molecule has 2 aromatic rings. The van der Waals surface area contributed by atoms with E-state index < -0.39 is 0 Å². The summed E-state index contributed by atoms with van der Waals surface area (Å²) in [7, 11) is 1.64. The molecule has 0 radical (unpaired) electrons. The first-order valence-electron chi connectivity index (χ1n) is 7.99. The summed E-state index contributed by atoms with van der Waals surface area (Å²) in [5.41, 5.74) is 9.33. The van der Waals surface area contributed by atoms with Gasteiger partial charge in [0.25, 0.3) is 0 Å². The van der Waals surface area contributed by atoms with Crippen LogP contribution in [0.15, 0.2) is 47.5 Å². The number of nitrogens with zero attached hydrogens (tertiary/aromatic N) is 1. The second kappa shape index (κ2) is 8.82. The highest BCUT2D eigenvalue weighted by Gasteiger charge is 1.99. The van der Waals surface area contributed by atoms with Crippen LogP contribution < -0.4 is 20.5 Å². The van der Waals surface area contributed by atoms with Crippen molar-refractivity contribution in [3.8, 4) is 11.5 Å². The van der Waals surface area contributed by atoms with E-state index in [1.807, 2.05) is 30.3 Å². The van der Waals surface area contributed by atoms with E-state index in [0.717, 1.165) is 23.6 Å². The van der Waals surface area contributed by atoms with Gasteiger partial charge in [0.05, 0.1) is 13.7 Å². The largest absolute Gasteiger partial charge is 0.497 e. The van der Waals surface area contributed by atoms with E-state index in [9.17, 15) is 0 Å². The third-order valence-corrected chi connectivity index (χ3v) is 3.67. The van der Waals surface area contributed by atoms with Gasteiger partial charge in [-0.3, -0.25) is 4.99 Å². The Labute approximate surface area is 143 Å². The molecule has 0 aliphatic heterocycles. The summed E-state index contributed by atoms with van der Waals surface area (Å²) in [4.78, 5) is 4.32. The molecule has 0 bridgehead atoms. The first-order chi connectivity index (χ1) is 11.6. The number of guanidine groups is 1. The molecule has 5 heteroatoms. The Bertz CT molecular complexity index is 699. The van der Waals surface area contributed by atoms with Gasteiger partial charge < -0.3 is 20.5 Å². The number of methoxy groups -OCH3 is 1. The molecule has 2 rings (SSSR count). The number of nitrogens with one attached hydrogen (secondary N) is 1. The fourth-order valence-corrected chi connectivity index (χ4v) is 2.15. The summed E-state index contributed by atoms with van der Waals surface area (Å²) in [5.74, 6) is 1.99. The second-order valence-corrected chi connectivity index (χ2v) is 5.57. The maximum Gasteiger partial charge on any atom is 0.193 e. The van der Waals surface area contributed by atoms with E-state index in [0.29, 0.717) is 19.1 Å². The maximum atomic E-state index is 5.91. The van der Waals surface area contributed by atoms with Gasteiger partial charge in [0.2, 0.25) is 0 Å². The van der Waals surface area contributed by atoms with Crippen molar-refractivity contribution >= 4 is 11.6 Å². The molecule has 0 saturated carbocycles. The predicted molar refractivity (Wildman–Crippen MR) is 99.1 cm³/mol. The number of ether oxygens (including phenoxy) is 2. The molecule has 0 saturated heterocycles. The van der Waals surface area contributed by atoms with Crippen molar-refractivity contribution in [3.05, 3.63) is 53.6 Å². The second-order valence-electron chi connectivity index (χ2n) is 5.57. The van der Waals surface area contributed by atoms with E-state index in [-0.39, 0.29) is 0 Å². The van der Waals surface area contributed by atoms with Crippen LogP contribution in [0.25, 0.3) is 0 Å². The lowest BCUT2D eigenvalue weighted by molar-refractivity contribution is 0.311. The molecule has 0 spiro atoms. The fraction of sp³-hybridized carbons (Fsp3) is 0.316. The Morgan fingerprint density at radius 2 is 1.88 bits per heavy atom. The zero-order valence-electron chi connectivity index (χ0n) is 14.5. The van der Waals surface area contributed by atoms with Crippen molar-refractivity contribution in [2.24, 2.45) is 10.7 Å². The highest BCUT2D eigenvalue weighted by molar-refractivity contribution is 5.92. The average molecular weight is 327 g/mol. The van der Waals surface area contributed by atoms with Crippen LogP contribution in [0.4, 0.5) is 5.69 Å². The molecule has 24 heavy (non-hydrogen) atoms. The monoisotopic (exact) mass is 327 g/mol. The summed E-state index contributed by atoms with van der Waals surface area (Å²) in [5, 5.41) is 3.10. The lowest BCUT2D eigenvalue weighted by Crippen LogP contribution is -2.23. The molecule has 3 N–H and O–H groups in total. The molecule has 0 aliphatic rings. The molecule has 0 fully saturated rings. The fourth-order valence-electron chi connectivity index (χ4n) is 2.15. The average Bonchev–Trinajstić information content (AvgIpc) is 2.58. The van der Waals surface area contributed by atoms with Crippen LogP contribution in [0.2, 0.25) is 0 Å². The summed E-state index contributed by atoms with van der Waals surface area (Å²) in [6.07, 6.45) is 0.784. The summed E-state index contributed by atoms with van der Waals surface area (Å²) < 4.78 is 10.8. The molecule has 0 unspecified atom stereocenters. The van der Waals surface area contributed by atoms with Crippen molar-refractivity contribution in [2.45, 2.75) is 20.3 Å². The van der Waals surface area contributed by atoms with Crippen molar-refractivity contribution in [1.29, 1.82) is 0 Å². The van der Waals surface area contributed by atoms with Crippen molar-refractivity contribution in [2.75, 3.05) is 25.6 Å². The van der Waals surface area contributed by atoms with Crippen LogP contribution in [-0.4, -0.2) is 26.2 Å². The van der Waals surface area contributed by atoms with Gasteiger partial charge in [-0.1, -0.05) is 12.1 Å². The smallest absolute Gasteiger partial charge is 0.193 e. The first kappa shape index (κ1) is 17.7. The van der Waals surface area contributed by atoms with Crippen LogP contribution in [0, 0.1) is 13.8 Å². The molecule has 0 atom stereocenters. The van der Waals surface area contributed by atoms with Crippen LogP contribution in [0.3, 0.4) is 0 Å². The van der Waals surface area contributed by atoms with Gasteiger partial charge in [0.1, 0.15) is 11.5 Å². The van der Waals surface area contributed by atoms with Gasteiger partial charge in [-0.15, -0.1) is 0 Å². The van der Waals surface area contributed by atoms with Crippen molar-refractivity contribution in [1.82, 2.24) is 0 Å². The van der Waals surface area contributed by atoms with Gasteiger partial charge in [0.15, 0.2) is 5.96 Å². The lowest BCUT2D eigenvalue weighted by atomic mass is 10.1. The van der Waals surface area contributed by atoms with Crippen LogP contribution in [0.1, 0.15) is 17.5 Å². The van der Waals surface area contributed by atoms with E-state index in [1.54, 1.807) is 7.11 Å². The highest BCUT2D eigenvalue weighted by atomic mass is 16.5. The normalized spacial score (nSPS) is 11.2. The number of aryl methyl sites for hydroxylation is 2. The summed E-state index contributed by atoms with van der Waals surface area (Å²) in [6.45, 7) is 5.34. The molecule has 0 aromatic heterocycles. The Hall–Kier alpha value is -2.69. The molecule has 5 nitrogen and oxygen atoms in total. The topological polar surface area (TPSA) is 68.9 Å². The van der Waals surface area contributed by atoms with Crippen LogP contribution in [-0.2, 0) is 0 Å². The zero-order valence-corrected chi connectivity index (χ0v) is 14.5. The van der Waals surface area contributed by atoms with Gasteiger partial charge in [-0.25, -0.2) is 0 Å². The third-order valence-electron chi connectivity index (χ3n) is 3.67. The molecule has 0 amide bonds. The number of nitrogens with two attached hydrogens (primary N) is 1. The first-order valence-corrected chi connectivity index (χ1v) is 7.99. The van der Waals surface area contributed by atoms with Crippen molar-refractivity contribution in [3.63, 3.8) is 0 Å². The predicted octanol–water partition coefficient (Wildman–Crippen LogP) is 3.51. The summed E-state index contributed by atoms with van der Waals surface area (Å²) >= 11 is 0. The van der Waals surface area contributed by atoms with Crippen LogP contribution >= 0.6 is 0 Å². The van der Waals surface area contributed by atoms with Gasteiger partial charge >= 0.3 is 0 Å². The zero-order chi connectivity index (χ0) is 17.4. The van der Waals surface area contributed by atoms with E-state index in [4.69, 9.17) is 15.2 Å². The quantitative estimate of drug-likeness (QED) is 0.464. The number of benzene rings is 2. The van der Waals surface area contributed by atoms with Crippen LogP contribution in [0.5, 0.6) is 11.5 Å². The number of anilines is 1. The highest BCUT2D eigenvalue weighted by Crippen LogP contribution is 2.18. The number of aliphatic imine (C=N–C) groups is 1. The summed E-state index contributed by atoms with van der Waals surface area (Å²) in [6, 6.07) is 13.7. The SMILES string of the molecule is COc1cccc(OCCCN=C(N)Nc2ccc(C)c(C)c2)c1. The molecule has 128 valence electrons. The molecule has 0 heterocycles. The van der Waals surface area contributed by atoms with E-state index in [2.05, 4.69) is 36.3 Å².